The Morgan fingerprint density at radius 1 is 1.00 bits per heavy atom. The molecule has 3 heterocycles. The zero-order valence-corrected chi connectivity index (χ0v) is 15.4. The Bertz CT molecular complexity index is 840. The van der Waals surface area contributed by atoms with Crippen LogP contribution in [0.2, 0.25) is 0 Å². The number of ether oxygens (including phenoxy) is 3. The van der Waals surface area contributed by atoms with Crippen LogP contribution in [0.3, 0.4) is 0 Å². The van der Waals surface area contributed by atoms with Gasteiger partial charge in [-0.25, -0.2) is 4.48 Å². The maximum Gasteiger partial charge on any atom is 0.344 e. The van der Waals surface area contributed by atoms with Crippen molar-refractivity contribution < 1.29 is 26.6 Å². The minimum absolute atomic E-state index is 0. The molecule has 1 aliphatic rings. The van der Waals surface area contributed by atoms with Crippen molar-refractivity contribution >= 4 is 22.7 Å². The Morgan fingerprint density at radius 2 is 1.65 bits per heavy atom. The highest BCUT2D eigenvalue weighted by molar-refractivity contribution is 5.84. The Kier molecular flexibility index (Phi) is 5.26. The largest absolute Gasteiger partial charge is 1.00 e. The van der Waals surface area contributed by atoms with Crippen LogP contribution in [0.5, 0.6) is 12.0 Å². The lowest BCUT2D eigenvalue weighted by Gasteiger charge is -2.36. The third-order valence-corrected chi connectivity index (χ3v) is 4.54. The van der Waals surface area contributed by atoms with Crippen molar-refractivity contribution in [2.75, 3.05) is 40.5 Å². The summed E-state index contributed by atoms with van der Waals surface area (Å²) in [4.78, 5) is 16.7. The molecule has 0 amide bonds. The molecule has 2 aromatic heterocycles. The molecule has 0 radical (unpaired) electrons. The highest BCUT2D eigenvalue weighted by Crippen LogP contribution is 2.36. The van der Waals surface area contributed by atoms with Gasteiger partial charge in [-0.05, 0) is 6.07 Å². The summed E-state index contributed by atoms with van der Waals surface area (Å²) in [7, 11) is 3.07. The highest BCUT2D eigenvalue weighted by Gasteiger charge is 2.41. The molecule has 0 aliphatic carbocycles. The predicted octanol–water partition coefficient (Wildman–Crippen LogP) is -0.957. The van der Waals surface area contributed by atoms with Crippen molar-refractivity contribution in [3.05, 3.63) is 30.3 Å². The van der Waals surface area contributed by atoms with Crippen molar-refractivity contribution in [2.45, 2.75) is 0 Å². The number of hydrogen-bond acceptors (Lipinski definition) is 6. The second-order valence-corrected chi connectivity index (χ2v) is 5.88. The van der Waals surface area contributed by atoms with Gasteiger partial charge in [-0.15, -0.1) is 15.0 Å². The molecule has 1 N–H and O–H groups in total. The Labute approximate surface area is 157 Å². The number of nitrogens with one attached hydrogen (secondary N) is 1. The number of methoxy groups -OCH3 is 2. The third kappa shape index (κ3) is 3.07. The Hall–Kier alpha value is -2.42. The van der Waals surface area contributed by atoms with E-state index in [9.17, 15) is 0 Å². The molecule has 0 spiro atoms. The highest BCUT2D eigenvalue weighted by atomic mass is 35.5. The summed E-state index contributed by atoms with van der Waals surface area (Å²) in [6.45, 7) is 2.66. The first-order chi connectivity index (χ1) is 12.2. The topological polar surface area (TPSA) is 82.2 Å². The number of aromatic nitrogens is 4. The van der Waals surface area contributed by atoms with Gasteiger partial charge in [-0.1, -0.05) is 18.2 Å². The second kappa shape index (κ2) is 7.45. The summed E-state index contributed by atoms with van der Waals surface area (Å²) >= 11 is 0. The molecule has 0 bridgehead atoms. The standard InChI is InChI=1S/C17H20N5O3.ClH/c1-23-16-19-15(20-17(21-16)24-2)22(7-9-25-10-8-22)14-11-12-5-3-4-6-13(12)18-14;/h3-6,11,18H,7-10H2,1-2H3;1H/q+1;/p-1. The number of aromatic amines is 1. The molecular weight excluding hydrogens is 358 g/mol. The molecule has 0 saturated carbocycles. The molecule has 1 aliphatic heterocycles. The number of rotatable bonds is 4. The van der Waals surface area contributed by atoms with Crippen LogP contribution in [-0.2, 0) is 4.74 Å². The number of quaternary nitrogens is 1. The van der Waals surface area contributed by atoms with Crippen molar-refractivity contribution in [3.63, 3.8) is 0 Å². The van der Waals surface area contributed by atoms with Crippen LogP contribution in [0.25, 0.3) is 10.9 Å². The molecule has 0 atom stereocenters. The van der Waals surface area contributed by atoms with Gasteiger partial charge in [-0.3, -0.25) is 0 Å². The van der Waals surface area contributed by atoms with Crippen molar-refractivity contribution in [3.8, 4) is 12.0 Å². The van der Waals surface area contributed by atoms with E-state index < -0.39 is 0 Å². The number of para-hydroxylation sites is 1. The summed E-state index contributed by atoms with van der Waals surface area (Å²) in [5.41, 5.74) is 1.08. The number of morpholine rings is 1. The van der Waals surface area contributed by atoms with Gasteiger partial charge in [0.2, 0.25) is 5.82 Å². The fourth-order valence-electron chi connectivity index (χ4n) is 3.19. The van der Waals surface area contributed by atoms with Crippen LogP contribution in [0, 0.1) is 0 Å². The maximum absolute atomic E-state index is 5.59. The normalized spacial score (nSPS) is 16.1. The molecule has 26 heavy (non-hydrogen) atoms. The van der Waals surface area contributed by atoms with Crippen LogP contribution in [-0.4, -0.2) is 60.5 Å². The van der Waals surface area contributed by atoms with Gasteiger partial charge in [0, 0.05) is 11.5 Å². The number of hydrogen-bond donors (Lipinski definition) is 1. The van der Waals surface area contributed by atoms with E-state index in [1.165, 1.54) is 14.2 Å². The zero-order chi connectivity index (χ0) is 17.3. The first-order valence-corrected chi connectivity index (χ1v) is 8.13. The number of benzene rings is 1. The quantitative estimate of drug-likeness (QED) is 0.590. The van der Waals surface area contributed by atoms with Crippen molar-refractivity contribution in [1.82, 2.24) is 24.4 Å². The summed E-state index contributed by atoms with van der Waals surface area (Å²) < 4.78 is 16.5. The molecule has 0 unspecified atom stereocenters. The first-order valence-electron chi connectivity index (χ1n) is 8.13. The fraction of sp³-hybridized carbons (Fsp3) is 0.353. The van der Waals surface area contributed by atoms with E-state index in [-0.39, 0.29) is 24.4 Å². The number of fused-ring (bicyclic) bond motifs is 1. The smallest absolute Gasteiger partial charge is 0.344 e. The van der Waals surface area contributed by atoms with E-state index in [0.717, 1.165) is 16.7 Å². The molecular formula is C17H20ClN5O3. The van der Waals surface area contributed by atoms with Gasteiger partial charge in [0.05, 0.1) is 33.0 Å². The monoisotopic (exact) mass is 377 g/mol. The summed E-state index contributed by atoms with van der Waals surface area (Å²) in [5.74, 6) is 1.60. The van der Waals surface area contributed by atoms with Crippen LogP contribution in [0.15, 0.2) is 30.3 Å². The molecule has 1 saturated heterocycles. The maximum atomic E-state index is 5.59. The van der Waals surface area contributed by atoms with Gasteiger partial charge in [0.25, 0.3) is 0 Å². The van der Waals surface area contributed by atoms with Gasteiger partial charge in [0.15, 0.2) is 0 Å². The fourth-order valence-corrected chi connectivity index (χ4v) is 3.19. The molecule has 9 heteroatoms. The predicted molar refractivity (Wildman–Crippen MR) is 93.2 cm³/mol. The zero-order valence-electron chi connectivity index (χ0n) is 14.6. The van der Waals surface area contributed by atoms with Crippen LogP contribution < -0.4 is 26.4 Å². The third-order valence-electron chi connectivity index (χ3n) is 4.54. The van der Waals surface area contributed by atoms with Crippen molar-refractivity contribution in [1.29, 1.82) is 0 Å². The molecule has 1 fully saturated rings. The molecule has 4 rings (SSSR count). The minimum atomic E-state index is 0. The lowest BCUT2D eigenvalue weighted by atomic mass is 10.2. The summed E-state index contributed by atoms with van der Waals surface area (Å²) in [6, 6.07) is 10.8. The molecule has 8 nitrogen and oxygen atoms in total. The molecule has 138 valence electrons. The lowest BCUT2D eigenvalue weighted by molar-refractivity contribution is -0.00000726. The van der Waals surface area contributed by atoms with Gasteiger partial charge >= 0.3 is 18.0 Å². The van der Waals surface area contributed by atoms with E-state index in [1.54, 1.807) is 0 Å². The minimum Gasteiger partial charge on any atom is -1.00 e. The summed E-state index contributed by atoms with van der Waals surface area (Å²) in [5, 5.41) is 1.15. The van der Waals surface area contributed by atoms with Gasteiger partial charge in [-0.2, -0.15) is 0 Å². The van der Waals surface area contributed by atoms with Crippen LogP contribution in [0.1, 0.15) is 0 Å². The number of halogens is 1. The second-order valence-electron chi connectivity index (χ2n) is 5.88. The van der Waals surface area contributed by atoms with E-state index in [0.29, 0.717) is 36.7 Å². The summed E-state index contributed by atoms with van der Waals surface area (Å²) in [6.07, 6.45) is 0. The van der Waals surface area contributed by atoms with E-state index in [2.05, 4.69) is 38.1 Å². The first kappa shape index (κ1) is 18.4. The van der Waals surface area contributed by atoms with Crippen molar-refractivity contribution in [2.24, 2.45) is 0 Å². The lowest BCUT2D eigenvalue weighted by Crippen LogP contribution is -3.00. The van der Waals surface area contributed by atoms with E-state index >= 15 is 0 Å². The average molecular weight is 378 g/mol. The average Bonchev–Trinajstić information content (AvgIpc) is 3.12. The van der Waals surface area contributed by atoms with Crippen LogP contribution >= 0.6 is 0 Å². The van der Waals surface area contributed by atoms with Crippen LogP contribution in [0.4, 0.5) is 11.8 Å². The SMILES string of the molecule is COc1nc(OC)nc([N+]2(c3cc4ccccc4[nH]3)CCOCC2)n1.[Cl-]. The molecule has 3 aromatic rings. The molecule has 1 aromatic carbocycles. The number of nitrogens with zero attached hydrogens (tertiary/aromatic N) is 4. The van der Waals surface area contributed by atoms with Gasteiger partial charge in [0.1, 0.15) is 13.1 Å². The van der Waals surface area contributed by atoms with E-state index in [1.807, 2.05) is 12.1 Å². The Balaban J connectivity index is 0.00000196. The Morgan fingerprint density at radius 3 is 2.27 bits per heavy atom. The van der Waals surface area contributed by atoms with E-state index in [4.69, 9.17) is 14.2 Å². The number of H-pyrrole nitrogens is 1. The van der Waals surface area contributed by atoms with Gasteiger partial charge < -0.3 is 31.6 Å².